The smallest absolute Gasteiger partial charge is 0.0218 e. The molecular formula is C13H28N4. The van der Waals surface area contributed by atoms with E-state index in [1.807, 2.05) is 0 Å². The van der Waals surface area contributed by atoms with Gasteiger partial charge in [0.1, 0.15) is 0 Å². The topological polar surface area (TPSA) is 21.8 Å². The minimum atomic E-state index is 0.760. The Morgan fingerprint density at radius 2 is 2.00 bits per heavy atom. The van der Waals surface area contributed by atoms with Crippen molar-refractivity contribution in [3.05, 3.63) is 0 Å². The van der Waals surface area contributed by atoms with Crippen LogP contribution in [-0.4, -0.2) is 87.2 Å². The number of hydrogen-bond acceptors (Lipinski definition) is 4. The molecule has 0 radical (unpaired) electrons. The van der Waals surface area contributed by atoms with Gasteiger partial charge in [0.05, 0.1) is 0 Å². The molecule has 0 saturated carbocycles. The van der Waals surface area contributed by atoms with E-state index in [0.717, 1.165) is 6.04 Å². The van der Waals surface area contributed by atoms with Gasteiger partial charge in [0.25, 0.3) is 0 Å². The highest BCUT2D eigenvalue weighted by Gasteiger charge is 2.19. The van der Waals surface area contributed by atoms with E-state index in [-0.39, 0.29) is 0 Å². The van der Waals surface area contributed by atoms with Gasteiger partial charge in [0.15, 0.2) is 0 Å². The van der Waals surface area contributed by atoms with Crippen LogP contribution in [0, 0.1) is 0 Å². The van der Waals surface area contributed by atoms with Crippen molar-refractivity contribution in [3.63, 3.8) is 0 Å². The van der Waals surface area contributed by atoms with Crippen molar-refractivity contribution in [1.29, 1.82) is 0 Å². The van der Waals surface area contributed by atoms with Crippen molar-refractivity contribution in [2.75, 3.05) is 66.5 Å². The SMILES string of the molecule is CN1CCN(CCN(C)C2CCCNC2)CC1. The molecule has 1 unspecified atom stereocenters. The summed E-state index contributed by atoms with van der Waals surface area (Å²) < 4.78 is 0. The average molecular weight is 240 g/mol. The predicted octanol–water partition coefficient (Wildman–Crippen LogP) is -0.0824. The van der Waals surface area contributed by atoms with E-state index >= 15 is 0 Å². The maximum atomic E-state index is 3.50. The van der Waals surface area contributed by atoms with E-state index in [9.17, 15) is 0 Å². The minimum absolute atomic E-state index is 0.760. The second-order valence-electron chi connectivity index (χ2n) is 5.63. The van der Waals surface area contributed by atoms with Gasteiger partial charge in [-0.15, -0.1) is 0 Å². The van der Waals surface area contributed by atoms with E-state index < -0.39 is 0 Å². The standard InChI is InChI=1S/C13H28N4/c1-15-6-9-17(10-7-15)11-8-16(2)13-4-3-5-14-12-13/h13-14H,3-12H2,1-2H3. The fourth-order valence-electron chi connectivity index (χ4n) is 2.76. The van der Waals surface area contributed by atoms with Gasteiger partial charge in [-0.3, -0.25) is 4.90 Å². The summed E-state index contributed by atoms with van der Waals surface area (Å²) in [7, 11) is 4.50. The molecule has 1 N–H and O–H groups in total. The van der Waals surface area contributed by atoms with Crippen molar-refractivity contribution in [1.82, 2.24) is 20.0 Å². The Hall–Kier alpha value is -0.160. The summed E-state index contributed by atoms with van der Waals surface area (Å²) in [5.74, 6) is 0. The third-order valence-electron chi connectivity index (χ3n) is 4.26. The van der Waals surface area contributed by atoms with Crippen LogP contribution in [0.5, 0.6) is 0 Å². The summed E-state index contributed by atoms with van der Waals surface area (Å²) in [5.41, 5.74) is 0. The molecule has 2 heterocycles. The van der Waals surface area contributed by atoms with Crippen molar-refractivity contribution in [3.8, 4) is 0 Å². The molecule has 4 nitrogen and oxygen atoms in total. The molecule has 0 spiro atoms. The summed E-state index contributed by atoms with van der Waals surface area (Å²) in [5, 5.41) is 3.50. The van der Waals surface area contributed by atoms with E-state index in [2.05, 4.69) is 34.1 Å². The zero-order chi connectivity index (χ0) is 12.1. The molecule has 1 atom stereocenters. The lowest BCUT2D eigenvalue weighted by Gasteiger charge is -2.36. The number of hydrogen-bond donors (Lipinski definition) is 1. The van der Waals surface area contributed by atoms with Gasteiger partial charge in [0.2, 0.25) is 0 Å². The van der Waals surface area contributed by atoms with Gasteiger partial charge < -0.3 is 15.1 Å². The molecule has 0 aromatic carbocycles. The molecule has 2 saturated heterocycles. The normalized spacial score (nSPS) is 28.8. The Morgan fingerprint density at radius 3 is 2.65 bits per heavy atom. The largest absolute Gasteiger partial charge is 0.315 e. The van der Waals surface area contributed by atoms with Gasteiger partial charge in [-0.05, 0) is 33.5 Å². The Balaban J connectivity index is 1.63. The molecule has 0 aromatic rings. The number of piperazine rings is 1. The first-order valence-corrected chi connectivity index (χ1v) is 7.07. The van der Waals surface area contributed by atoms with Crippen molar-refractivity contribution < 1.29 is 0 Å². The van der Waals surface area contributed by atoms with E-state index in [1.54, 1.807) is 0 Å². The van der Waals surface area contributed by atoms with E-state index in [4.69, 9.17) is 0 Å². The molecular weight excluding hydrogens is 212 g/mol. The van der Waals surface area contributed by atoms with Crippen LogP contribution < -0.4 is 5.32 Å². The second kappa shape index (κ2) is 6.69. The van der Waals surface area contributed by atoms with Crippen LogP contribution in [0.1, 0.15) is 12.8 Å². The van der Waals surface area contributed by atoms with Crippen LogP contribution in [0.25, 0.3) is 0 Å². The molecule has 17 heavy (non-hydrogen) atoms. The molecule has 2 aliphatic heterocycles. The molecule has 2 fully saturated rings. The quantitative estimate of drug-likeness (QED) is 0.742. The van der Waals surface area contributed by atoms with Crippen LogP contribution in [0.15, 0.2) is 0 Å². The zero-order valence-corrected chi connectivity index (χ0v) is 11.5. The molecule has 100 valence electrons. The van der Waals surface area contributed by atoms with Crippen LogP contribution in [0.3, 0.4) is 0 Å². The van der Waals surface area contributed by atoms with E-state index in [1.165, 1.54) is 65.2 Å². The second-order valence-corrected chi connectivity index (χ2v) is 5.63. The van der Waals surface area contributed by atoms with E-state index in [0.29, 0.717) is 0 Å². The first-order valence-electron chi connectivity index (χ1n) is 7.07. The fraction of sp³-hybridized carbons (Fsp3) is 1.00. The van der Waals surface area contributed by atoms with Gasteiger partial charge in [-0.2, -0.15) is 0 Å². The number of nitrogens with zero attached hydrogens (tertiary/aromatic N) is 3. The molecule has 0 bridgehead atoms. The highest BCUT2D eigenvalue weighted by atomic mass is 15.3. The molecule has 2 rings (SSSR count). The lowest BCUT2D eigenvalue weighted by molar-refractivity contribution is 0.124. The maximum absolute atomic E-state index is 3.50. The monoisotopic (exact) mass is 240 g/mol. The van der Waals surface area contributed by atoms with Gasteiger partial charge in [0, 0.05) is 51.9 Å². The average Bonchev–Trinajstić information content (AvgIpc) is 2.39. The van der Waals surface area contributed by atoms with Gasteiger partial charge in [-0.1, -0.05) is 0 Å². The molecule has 0 amide bonds. The molecule has 0 aliphatic carbocycles. The van der Waals surface area contributed by atoms with Crippen LogP contribution in [0.4, 0.5) is 0 Å². The summed E-state index contributed by atoms with van der Waals surface area (Å²) in [6.45, 7) is 9.79. The van der Waals surface area contributed by atoms with Crippen LogP contribution in [-0.2, 0) is 0 Å². The summed E-state index contributed by atoms with van der Waals surface area (Å²) in [6, 6.07) is 0.760. The first-order chi connectivity index (χ1) is 8.25. The maximum Gasteiger partial charge on any atom is 0.0218 e. The number of piperidine rings is 1. The third kappa shape index (κ3) is 4.21. The number of rotatable bonds is 4. The Morgan fingerprint density at radius 1 is 1.24 bits per heavy atom. The van der Waals surface area contributed by atoms with Crippen molar-refractivity contribution in [2.24, 2.45) is 0 Å². The van der Waals surface area contributed by atoms with Crippen molar-refractivity contribution in [2.45, 2.75) is 18.9 Å². The summed E-state index contributed by atoms with van der Waals surface area (Å²) >= 11 is 0. The molecule has 4 heteroatoms. The molecule has 2 aliphatic rings. The zero-order valence-electron chi connectivity index (χ0n) is 11.5. The summed E-state index contributed by atoms with van der Waals surface area (Å²) in [6.07, 6.45) is 2.70. The van der Waals surface area contributed by atoms with Gasteiger partial charge >= 0.3 is 0 Å². The number of likely N-dealkylation sites (N-methyl/N-ethyl adjacent to an activating group) is 2. The lowest BCUT2D eigenvalue weighted by Crippen LogP contribution is -2.49. The van der Waals surface area contributed by atoms with Crippen LogP contribution >= 0.6 is 0 Å². The van der Waals surface area contributed by atoms with Crippen LogP contribution in [0.2, 0.25) is 0 Å². The minimum Gasteiger partial charge on any atom is -0.315 e. The Bertz CT molecular complexity index is 207. The third-order valence-corrected chi connectivity index (χ3v) is 4.26. The van der Waals surface area contributed by atoms with Gasteiger partial charge in [-0.25, -0.2) is 0 Å². The lowest BCUT2D eigenvalue weighted by atomic mass is 10.1. The Kier molecular flexibility index (Phi) is 5.22. The Labute approximate surface area is 106 Å². The molecule has 0 aromatic heterocycles. The first kappa shape index (κ1) is 13.3. The fourth-order valence-corrected chi connectivity index (χ4v) is 2.76. The highest BCUT2D eigenvalue weighted by molar-refractivity contribution is 4.78. The highest BCUT2D eigenvalue weighted by Crippen LogP contribution is 2.08. The summed E-state index contributed by atoms with van der Waals surface area (Å²) in [4.78, 5) is 7.57. The predicted molar refractivity (Wildman–Crippen MR) is 72.5 cm³/mol. The van der Waals surface area contributed by atoms with Crippen molar-refractivity contribution >= 4 is 0 Å². The number of nitrogens with one attached hydrogen (secondary N) is 1.